The van der Waals surface area contributed by atoms with Gasteiger partial charge in [-0.25, -0.2) is 4.98 Å². The van der Waals surface area contributed by atoms with Gasteiger partial charge in [-0.15, -0.1) is 0 Å². The molecule has 0 aromatic carbocycles. The van der Waals surface area contributed by atoms with Gasteiger partial charge in [0.05, 0.1) is 11.4 Å². The second-order valence-electron chi connectivity index (χ2n) is 6.70. The highest BCUT2D eigenvalue weighted by atomic mass is 15.0. The summed E-state index contributed by atoms with van der Waals surface area (Å²) in [6, 6.07) is 4.29. The van der Waals surface area contributed by atoms with E-state index in [1.54, 1.807) is 0 Å². The Morgan fingerprint density at radius 2 is 2.00 bits per heavy atom. The summed E-state index contributed by atoms with van der Waals surface area (Å²) in [5.41, 5.74) is 11.1. The molecule has 0 spiro atoms. The zero-order valence-electron chi connectivity index (χ0n) is 13.3. The summed E-state index contributed by atoms with van der Waals surface area (Å²) < 4.78 is 2.19. The second kappa shape index (κ2) is 6.18. The summed E-state index contributed by atoms with van der Waals surface area (Å²) in [6.45, 7) is 4.20. The fourth-order valence-corrected chi connectivity index (χ4v) is 3.76. The molecule has 0 aliphatic heterocycles. The van der Waals surface area contributed by atoms with E-state index >= 15 is 0 Å². The molecule has 21 heavy (non-hydrogen) atoms. The molecule has 114 valence electrons. The average molecular weight is 285 g/mol. The van der Waals surface area contributed by atoms with E-state index < -0.39 is 0 Å². The van der Waals surface area contributed by atoms with Crippen LogP contribution in [0.25, 0.3) is 5.65 Å². The molecule has 2 N–H and O–H groups in total. The maximum Gasteiger partial charge on any atom is 0.137 e. The van der Waals surface area contributed by atoms with Gasteiger partial charge in [-0.1, -0.05) is 38.2 Å². The van der Waals surface area contributed by atoms with Gasteiger partial charge < -0.3 is 10.1 Å². The quantitative estimate of drug-likeness (QED) is 0.909. The Balaban J connectivity index is 1.75. The largest absolute Gasteiger partial charge is 0.323 e. The number of pyridine rings is 1. The Hall–Kier alpha value is -1.35. The molecule has 1 aliphatic carbocycles. The van der Waals surface area contributed by atoms with Crippen LogP contribution in [0, 0.1) is 19.8 Å². The molecule has 3 heteroatoms. The summed E-state index contributed by atoms with van der Waals surface area (Å²) in [7, 11) is 0. The minimum atomic E-state index is 0.101. The van der Waals surface area contributed by atoms with Crippen molar-refractivity contribution in [1.29, 1.82) is 0 Å². The number of nitrogens with two attached hydrogens (primary N) is 1. The Morgan fingerprint density at radius 1 is 1.24 bits per heavy atom. The van der Waals surface area contributed by atoms with Gasteiger partial charge in [-0.2, -0.15) is 0 Å². The van der Waals surface area contributed by atoms with Crippen molar-refractivity contribution < 1.29 is 0 Å². The number of hydrogen-bond acceptors (Lipinski definition) is 2. The van der Waals surface area contributed by atoms with Gasteiger partial charge >= 0.3 is 0 Å². The van der Waals surface area contributed by atoms with Gasteiger partial charge in [-0.3, -0.25) is 0 Å². The van der Waals surface area contributed by atoms with Crippen LogP contribution in [0.2, 0.25) is 0 Å². The molecule has 2 aromatic heterocycles. The third-order valence-electron chi connectivity index (χ3n) is 4.95. The molecule has 0 bridgehead atoms. The third kappa shape index (κ3) is 3.13. The lowest BCUT2D eigenvalue weighted by molar-refractivity contribution is 0.323. The van der Waals surface area contributed by atoms with Crippen molar-refractivity contribution in [3.8, 4) is 0 Å². The van der Waals surface area contributed by atoms with E-state index in [1.807, 2.05) is 0 Å². The third-order valence-corrected chi connectivity index (χ3v) is 4.95. The molecule has 0 radical (unpaired) electrons. The monoisotopic (exact) mass is 285 g/mol. The number of aryl methyl sites for hydroxylation is 2. The highest BCUT2D eigenvalue weighted by Crippen LogP contribution is 2.30. The minimum absolute atomic E-state index is 0.101. The summed E-state index contributed by atoms with van der Waals surface area (Å²) >= 11 is 0. The lowest BCUT2D eigenvalue weighted by Gasteiger charge is -2.23. The molecule has 1 atom stereocenters. The number of fused-ring (bicyclic) bond motifs is 1. The van der Waals surface area contributed by atoms with E-state index in [0.717, 1.165) is 23.7 Å². The zero-order chi connectivity index (χ0) is 14.8. The van der Waals surface area contributed by atoms with Crippen molar-refractivity contribution in [2.45, 2.75) is 64.8 Å². The van der Waals surface area contributed by atoms with Gasteiger partial charge in [0.1, 0.15) is 5.65 Å². The molecule has 0 saturated heterocycles. The number of imidazole rings is 1. The predicted octanol–water partition coefficient (Wildman–Crippen LogP) is 4.31. The van der Waals surface area contributed by atoms with E-state index in [9.17, 15) is 0 Å². The highest BCUT2D eigenvalue weighted by molar-refractivity contribution is 5.45. The first-order chi connectivity index (χ1) is 10.1. The molecular weight excluding hydrogens is 258 g/mol. The SMILES string of the molecule is Cc1ccc2nc(C)c(C(N)CCC3CCCCC3)n2c1. The maximum atomic E-state index is 6.51. The van der Waals surface area contributed by atoms with E-state index in [0.29, 0.717) is 0 Å². The first kappa shape index (κ1) is 14.6. The van der Waals surface area contributed by atoms with Gasteiger partial charge in [0.15, 0.2) is 0 Å². The van der Waals surface area contributed by atoms with Crippen molar-refractivity contribution in [3.05, 3.63) is 35.3 Å². The maximum absolute atomic E-state index is 6.51. The van der Waals surface area contributed by atoms with Crippen molar-refractivity contribution in [2.24, 2.45) is 11.7 Å². The lowest BCUT2D eigenvalue weighted by atomic mass is 9.85. The number of nitrogens with zero attached hydrogens (tertiary/aromatic N) is 2. The topological polar surface area (TPSA) is 43.3 Å². The average Bonchev–Trinajstić information content (AvgIpc) is 2.81. The minimum Gasteiger partial charge on any atom is -0.323 e. The molecule has 1 unspecified atom stereocenters. The van der Waals surface area contributed by atoms with Crippen LogP contribution in [0.3, 0.4) is 0 Å². The van der Waals surface area contributed by atoms with Gasteiger partial charge in [0.25, 0.3) is 0 Å². The zero-order valence-corrected chi connectivity index (χ0v) is 13.3. The fourth-order valence-electron chi connectivity index (χ4n) is 3.76. The van der Waals surface area contributed by atoms with Crippen molar-refractivity contribution in [2.75, 3.05) is 0 Å². The summed E-state index contributed by atoms with van der Waals surface area (Å²) in [5.74, 6) is 0.894. The summed E-state index contributed by atoms with van der Waals surface area (Å²) in [6.07, 6.45) is 11.5. The Bertz CT molecular complexity index is 608. The molecule has 3 rings (SSSR count). The molecule has 1 aliphatic rings. The molecule has 0 amide bonds. The summed E-state index contributed by atoms with van der Waals surface area (Å²) in [4.78, 5) is 4.65. The normalized spacial score (nSPS) is 18.2. The van der Waals surface area contributed by atoms with Crippen LogP contribution in [-0.4, -0.2) is 9.38 Å². The Kier molecular flexibility index (Phi) is 4.29. The van der Waals surface area contributed by atoms with Crippen molar-refractivity contribution in [3.63, 3.8) is 0 Å². The van der Waals surface area contributed by atoms with E-state index in [2.05, 4.69) is 41.6 Å². The van der Waals surface area contributed by atoms with Crippen molar-refractivity contribution >= 4 is 5.65 Å². The first-order valence-electron chi connectivity index (χ1n) is 8.36. The van der Waals surface area contributed by atoms with E-state index in [1.165, 1.54) is 49.8 Å². The smallest absolute Gasteiger partial charge is 0.137 e. The Labute approximate surface area is 127 Å². The van der Waals surface area contributed by atoms with Crippen LogP contribution < -0.4 is 5.73 Å². The van der Waals surface area contributed by atoms with Crippen LogP contribution in [0.1, 0.15) is 67.9 Å². The van der Waals surface area contributed by atoms with Crippen LogP contribution in [0.15, 0.2) is 18.3 Å². The Morgan fingerprint density at radius 3 is 2.76 bits per heavy atom. The highest BCUT2D eigenvalue weighted by Gasteiger charge is 2.19. The molecule has 2 heterocycles. The standard InChI is InChI=1S/C18H27N3/c1-13-8-11-17-20-14(2)18(21(17)12-13)16(19)10-9-15-6-4-3-5-7-15/h8,11-12,15-16H,3-7,9-10,19H2,1-2H3. The van der Waals surface area contributed by atoms with Crippen LogP contribution in [0.5, 0.6) is 0 Å². The number of rotatable bonds is 4. The van der Waals surface area contributed by atoms with Crippen LogP contribution in [-0.2, 0) is 0 Å². The number of hydrogen-bond donors (Lipinski definition) is 1. The fraction of sp³-hybridized carbons (Fsp3) is 0.611. The molecule has 2 aromatic rings. The number of aromatic nitrogens is 2. The summed E-state index contributed by atoms with van der Waals surface area (Å²) in [5, 5.41) is 0. The van der Waals surface area contributed by atoms with Crippen molar-refractivity contribution in [1.82, 2.24) is 9.38 Å². The first-order valence-corrected chi connectivity index (χ1v) is 8.36. The van der Waals surface area contributed by atoms with Gasteiger partial charge in [-0.05, 0) is 44.2 Å². The van der Waals surface area contributed by atoms with Crippen LogP contribution in [0.4, 0.5) is 0 Å². The lowest BCUT2D eigenvalue weighted by Crippen LogP contribution is -2.16. The molecule has 3 nitrogen and oxygen atoms in total. The predicted molar refractivity (Wildman–Crippen MR) is 87.4 cm³/mol. The molecule has 1 fully saturated rings. The van der Waals surface area contributed by atoms with Gasteiger partial charge in [0.2, 0.25) is 0 Å². The second-order valence-corrected chi connectivity index (χ2v) is 6.70. The van der Waals surface area contributed by atoms with E-state index in [-0.39, 0.29) is 6.04 Å². The van der Waals surface area contributed by atoms with Crippen LogP contribution >= 0.6 is 0 Å². The molecular formula is C18H27N3. The molecule has 1 saturated carbocycles. The van der Waals surface area contributed by atoms with Gasteiger partial charge in [0, 0.05) is 12.2 Å². The van der Waals surface area contributed by atoms with E-state index in [4.69, 9.17) is 5.73 Å².